The molecule has 0 radical (unpaired) electrons. The van der Waals surface area contributed by atoms with Crippen LogP contribution in [0.2, 0.25) is 5.02 Å². The number of hydrogen-bond acceptors (Lipinski definition) is 4. The standard InChI is InChI=1S/C23H22ClN3O4S/c1-15-3-11-20(12-4-15)32(30,31)27(19-10-5-16(2)21(24)13-19)14-22(28)26-18-8-6-17(7-9-18)23(25)29/h3-13H,14H2,1-2H3,(H2,25,29)(H,26,28). The van der Waals surface area contributed by atoms with Crippen molar-refractivity contribution in [1.29, 1.82) is 0 Å². The van der Waals surface area contributed by atoms with Gasteiger partial charge >= 0.3 is 0 Å². The molecule has 9 heteroatoms. The highest BCUT2D eigenvalue weighted by atomic mass is 35.5. The Morgan fingerprint density at radius 3 is 2.16 bits per heavy atom. The maximum absolute atomic E-state index is 13.4. The molecule has 0 aromatic heterocycles. The number of nitrogens with one attached hydrogen (secondary N) is 1. The predicted octanol–water partition coefficient (Wildman–Crippen LogP) is 3.89. The first-order valence-electron chi connectivity index (χ1n) is 9.63. The van der Waals surface area contributed by atoms with Crippen molar-refractivity contribution >= 4 is 44.8 Å². The molecule has 0 aliphatic carbocycles. The molecule has 3 aromatic carbocycles. The quantitative estimate of drug-likeness (QED) is 0.544. The first-order chi connectivity index (χ1) is 15.1. The van der Waals surface area contributed by atoms with Crippen LogP contribution in [0.1, 0.15) is 21.5 Å². The van der Waals surface area contributed by atoms with Crippen molar-refractivity contribution in [3.8, 4) is 0 Å². The van der Waals surface area contributed by atoms with Crippen LogP contribution in [-0.2, 0) is 14.8 Å². The lowest BCUT2D eigenvalue weighted by Gasteiger charge is -2.24. The first-order valence-corrected chi connectivity index (χ1v) is 11.4. The molecule has 0 saturated heterocycles. The van der Waals surface area contributed by atoms with Crippen molar-refractivity contribution in [2.75, 3.05) is 16.2 Å². The normalized spacial score (nSPS) is 11.1. The van der Waals surface area contributed by atoms with Crippen LogP contribution in [0.3, 0.4) is 0 Å². The molecule has 0 unspecified atom stereocenters. The van der Waals surface area contributed by atoms with E-state index in [4.69, 9.17) is 17.3 Å². The lowest BCUT2D eigenvalue weighted by Crippen LogP contribution is -2.38. The number of benzene rings is 3. The summed E-state index contributed by atoms with van der Waals surface area (Å²) in [5, 5.41) is 3.02. The number of halogens is 1. The lowest BCUT2D eigenvalue weighted by atomic mass is 10.2. The number of carbonyl (C=O) groups excluding carboxylic acids is 2. The second kappa shape index (κ2) is 9.42. The van der Waals surface area contributed by atoms with Gasteiger partial charge in [0.2, 0.25) is 11.8 Å². The number of carbonyl (C=O) groups is 2. The molecule has 0 heterocycles. The zero-order chi connectivity index (χ0) is 23.5. The number of amides is 2. The molecule has 3 rings (SSSR count). The van der Waals surface area contributed by atoms with Crippen molar-refractivity contribution in [1.82, 2.24) is 0 Å². The van der Waals surface area contributed by atoms with Crippen LogP contribution in [0.4, 0.5) is 11.4 Å². The van der Waals surface area contributed by atoms with Gasteiger partial charge in [-0.05, 0) is 67.9 Å². The Morgan fingerprint density at radius 1 is 0.969 bits per heavy atom. The fourth-order valence-corrected chi connectivity index (χ4v) is 4.53. The Balaban J connectivity index is 1.93. The lowest BCUT2D eigenvalue weighted by molar-refractivity contribution is -0.114. The van der Waals surface area contributed by atoms with Gasteiger partial charge in [0, 0.05) is 16.3 Å². The summed E-state index contributed by atoms with van der Waals surface area (Å²) in [6.07, 6.45) is 0. The van der Waals surface area contributed by atoms with Gasteiger partial charge in [-0.3, -0.25) is 13.9 Å². The van der Waals surface area contributed by atoms with Crippen LogP contribution in [0.5, 0.6) is 0 Å². The first kappa shape index (κ1) is 23.3. The van der Waals surface area contributed by atoms with Crippen LogP contribution in [0.15, 0.2) is 71.6 Å². The number of rotatable bonds is 7. The maximum atomic E-state index is 13.4. The minimum absolute atomic E-state index is 0.0541. The Morgan fingerprint density at radius 2 is 1.59 bits per heavy atom. The maximum Gasteiger partial charge on any atom is 0.264 e. The molecular formula is C23H22ClN3O4S. The van der Waals surface area contributed by atoms with Gasteiger partial charge in [0.1, 0.15) is 6.54 Å². The van der Waals surface area contributed by atoms with Crippen LogP contribution in [0.25, 0.3) is 0 Å². The molecular weight excluding hydrogens is 450 g/mol. The van der Waals surface area contributed by atoms with E-state index in [1.807, 2.05) is 6.92 Å². The van der Waals surface area contributed by atoms with E-state index in [9.17, 15) is 18.0 Å². The van der Waals surface area contributed by atoms with E-state index in [1.54, 1.807) is 31.2 Å². The highest BCUT2D eigenvalue weighted by Gasteiger charge is 2.27. The summed E-state index contributed by atoms with van der Waals surface area (Å²) in [5.74, 6) is -1.15. The molecule has 3 N–H and O–H groups in total. The summed E-state index contributed by atoms with van der Waals surface area (Å²) in [5.41, 5.74) is 7.86. The van der Waals surface area contributed by atoms with Gasteiger partial charge in [-0.2, -0.15) is 0 Å². The number of anilines is 2. The number of hydrogen-bond donors (Lipinski definition) is 2. The van der Waals surface area contributed by atoms with Gasteiger partial charge in [0.15, 0.2) is 0 Å². The average molecular weight is 472 g/mol. The summed E-state index contributed by atoms with van der Waals surface area (Å²) in [6.45, 7) is 3.17. The molecule has 7 nitrogen and oxygen atoms in total. The third-order valence-corrected chi connectivity index (χ3v) is 6.99. The summed E-state index contributed by atoms with van der Waals surface area (Å²) in [6, 6.07) is 17.1. The molecule has 0 aliphatic rings. The number of nitrogens with zero attached hydrogens (tertiary/aromatic N) is 1. The average Bonchev–Trinajstić information content (AvgIpc) is 2.74. The smallest absolute Gasteiger partial charge is 0.264 e. The van der Waals surface area contributed by atoms with Gasteiger partial charge in [-0.25, -0.2) is 8.42 Å². The van der Waals surface area contributed by atoms with Gasteiger partial charge < -0.3 is 11.1 Å². The van der Waals surface area contributed by atoms with E-state index >= 15 is 0 Å². The van der Waals surface area contributed by atoms with Crippen molar-refractivity contribution in [3.63, 3.8) is 0 Å². The molecule has 0 spiro atoms. The molecule has 2 amide bonds. The van der Waals surface area contributed by atoms with Gasteiger partial charge in [-0.15, -0.1) is 0 Å². The second-order valence-corrected chi connectivity index (χ2v) is 9.52. The third kappa shape index (κ3) is 5.27. The minimum atomic E-state index is -4.05. The van der Waals surface area contributed by atoms with Gasteiger partial charge in [0.05, 0.1) is 10.6 Å². The Kier molecular flexibility index (Phi) is 6.86. The fraction of sp³-hybridized carbons (Fsp3) is 0.130. The zero-order valence-electron chi connectivity index (χ0n) is 17.5. The Labute approximate surface area is 191 Å². The largest absolute Gasteiger partial charge is 0.366 e. The van der Waals surface area contributed by atoms with E-state index in [1.165, 1.54) is 42.5 Å². The summed E-state index contributed by atoms with van der Waals surface area (Å²) >= 11 is 6.22. The molecule has 3 aromatic rings. The van der Waals surface area contributed by atoms with Crippen molar-refractivity contribution < 1.29 is 18.0 Å². The van der Waals surface area contributed by atoms with Crippen molar-refractivity contribution in [3.05, 3.63) is 88.4 Å². The monoisotopic (exact) mass is 471 g/mol. The highest BCUT2D eigenvalue weighted by molar-refractivity contribution is 7.92. The number of sulfonamides is 1. The summed E-state index contributed by atoms with van der Waals surface area (Å²) < 4.78 is 27.8. The molecule has 0 aliphatic heterocycles. The zero-order valence-corrected chi connectivity index (χ0v) is 19.1. The Bertz CT molecular complexity index is 1260. The van der Waals surface area contributed by atoms with Crippen LogP contribution >= 0.6 is 11.6 Å². The van der Waals surface area contributed by atoms with Gasteiger partial charge in [0.25, 0.3) is 10.0 Å². The van der Waals surface area contributed by atoms with Crippen LogP contribution < -0.4 is 15.4 Å². The SMILES string of the molecule is Cc1ccc(S(=O)(=O)N(CC(=O)Nc2ccc(C(N)=O)cc2)c2ccc(C)c(Cl)c2)cc1. The number of nitrogens with two attached hydrogens (primary N) is 1. The number of primary amides is 1. The van der Waals surface area contributed by atoms with E-state index in [2.05, 4.69) is 5.32 Å². The molecule has 0 saturated carbocycles. The van der Waals surface area contributed by atoms with E-state index < -0.39 is 28.4 Å². The van der Waals surface area contributed by atoms with Crippen molar-refractivity contribution in [2.45, 2.75) is 18.7 Å². The van der Waals surface area contributed by atoms with E-state index in [-0.39, 0.29) is 10.6 Å². The molecule has 0 atom stereocenters. The highest BCUT2D eigenvalue weighted by Crippen LogP contribution is 2.28. The predicted molar refractivity (Wildman–Crippen MR) is 125 cm³/mol. The number of aryl methyl sites for hydroxylation is 2. The topological polar surface area (TPSA) is 110 Å². The second-order valence-electron chi connectivity index (χ2n) is 7.25. The molecule has 166 valence electrons. The Hall–Kier alpha value is -3.36. The van der Waals surface area contributed by atoms with Crippen LogP contribution in [-0.4, -0.2) is 26.8 Å². The summed E-state index contributed by atoms with van der Waals surface area (Å²) in [4.78, 5) is 24.0. The van der Waals surface area contributed by atoms with Crippen molar-refractivity contribution in [2.24, 2.45) is 5.73 Å². The minimum Gasteiger partial charge on any atom is -0.366 e. The molecule has 32 heavy (non-hydrogen) atoms. The molecule has 0 fully saturated rings. The summed E-state index contributed by atoms with van der Waals surface area (Å²) in [7, 11) is -4.05. The molecule has 0 bridgehead atoms. The van der Waals surface area contributed by atoms with Gasteiger partial charge in [-0.1, -0.05) is 35.4 Å². The third-order valence-electron chi connectivity index (χ3n) is 4.79. The van der Waals surface area contributed by atoms with E-state index in [0.29, 0.717) is 16.3 Å². The fourth-order valence-electron chi connectivity index (χ4n) is 2.94. The van der Waals surface area contributed by atoms with Crippen LogP contribution in [0, 0.1) is 13.8 Å². The van der Waals surface area contributed by atoms with E-state index in [0.717, 1.165) is 15.4 Å².